The average molecular weight is 357 g/mol. The Bertz CT molecular complexity index is 1080. The third kappa shape index (κ3) is 3.83. The van der Waals surface area contributed by atoms with E-state index in [0.29, 0.717) is 5.56 Å². The highest BCUT2D eigenvalue weighted by atomic mass is 16.4. The summed E-state index contributed by atoms with van der Waals surface area (Å²) in [7, 11) is 0. The second-order valence-electron chi connectivity index (χ2n) is 5.91. The molecule has 0 fully saturated rings. The quantitative estimate of drug-likeness (QED) is 0.737. The van der Waals surface area contributed by atoms with Crippen LogP contribution in [0.4, 0.5) is 5.69 Å². The predicted octanol–water partition coefficient (Wildman–Crippen LogP) is 3.88. The molecule has 1 amide bonds. The minimum Gasteiger partial charge on any atom is -0.478 e. The average Bonchev–Trinajstić information content (AvgIpc) is 2.68. The zero-order valence-electron chi connectivity index (χ0n) is 14.4. The second kappa shape index (κ2) is 7.50. The van der Waals surface area contributed by atoms with Gasteiger partial charge in [0.1, 0.15) is 0 Å². The van der Waals surface area contributed by atoms with Crippen molar-refractivity contribution < 1.29 is 14.7 Å². The van der Waals surface area contributed by atoms with Crippen LogP contribution < -0.4 is 5.32 Å². The van der Waals surface area contributed by atoms with Gasteiger partial charge in [0.2, 0.25) is 0 Å². The van der Waals surface area contributed by atoms with Crippen LogP contribution in [0.3, 0.4) is 0 Å². The number of amides is 1. The highest BCUT2D eigenvalue weighted by Gasteiger charge is 2.15. The maximum absolute atomic E-state index is 12.6. The van der Waals surface area contributed by atoms with Crippen LogP contribution in [0.25, 0.3) is 11.1 Å². The van der Waals surface area contributed by atoms with Gasteiger partial charge in [-0.3, -0.25) is 9.78 Å². The lowest BCUT2D eigenvalue weighted by atomic mass is 10.0. The van der Waals surface area contributed by atoms with Crippen molar-refractivity contribution in [3.05, 3.63) is 83.2 Å². The molecule has 0 aliphatic heterocycles. The molecule has 0 aliphatic carbocycles. The van der Waals surface area contributed by atoms with Crippen molar-refractivity contribution in [1.29, 1.82) is 5.26 Å². The molecule has 0 radical (unpaired) electrons. The number of nitrogens with zero attached hydrogens (tertiary/aromatic N) is 2. The van der Waals surface area contributed by atoms with Crippen molar-refractivity contribution in [2.75, 3.05) is 5.32 Å². The topological polar surface area (TPSA) is 103 Å². The second-order valence-corrected chi connectivity index (χ2v) is 5.91. The number of carbonyl (C=O) groups excluding carboxylic acids is 1. The Morgan fingerprint density at radius 3 is 2.59 bits per heavy atom. The number of nitriles is 1. The molecule has 132 valence electrons. The molecule has 2 aromatic carbocycles. The molecule has 3 rings (SSSR count). The van der Waals surface area contributed by atoms with Gasteiger partial charge in [0.25, 0.3) is 5.91 Å². The molecule has 1 aromatic heterocycles. The number of hydrogen-bond acceptors (Lipinski definition) is 4. The normalized spacial score (nSPS) is 10.1. The van der Waals surface area contributed by atoms with Crippen molar-refractivity contribution in [3.63, 3.8) is 0 Å². The summed E-state index contributed by atoms with van der Waals surface area (Å²) in [5.74, 6) is -1.71. The molecule has 3 aromatic rings. The maximum atomic E-state index is 12.6. The van der Waals surface area contributed by atoms with Crippen LogP contribution in [0.1, 0.15) is 31.8 Å². The molecule has 0 aliphatic rings. The molecule has 2 N–H and O–H groups in total. The molecule has 6 nitrogen and oxygen atoms in total. The molecule has 0 saturated carbocycles. The van der Waals surface area contributed by atoms with E-state index in [2.05, 4.69) is 10.3 Å². The summed E-state index contributed by atoms with van der Waals surface area (Å²) in [4.78, 5) is 28.1. The fourth-order valence-corrected chi connectivity index (χ4v) is 2.70. The lowest BCUT2D eigenvalue weighted by molar-refractivity contribution is 0.0698. The van der Waals surface area contributed by atoms with E-state index in [1.807, 2.05) is 37.3 Å². The number of carboxylic acid groups (broad SMARTS) is 1. The summed E-state index contributed by atoms with van der Waals surface area (Å²) in [6.07, 6.45) is 3.09. The summed E-state index contributed by atoms with van der Waals surface area (Å²) >= 11 is 0. The number of carbonyl (C=O) groups is 2. The van der Waals surface area contributed by atoms with E-state index < -0.39 is 11.9 Å². The highest BCUT2D eigenvalue weighted by Crippen LogP contribution is 2.24. The number of aromatic carboxylic acids is 1. The van der Waals surface area contributed by atoms with E-state index in [1.54, 1.807) is 12.3 Å². The largest absolute Gasteiger partial charge is 0.478 e. The van der Waals surface area contributed by atoms with Crippen LogP contribution in [0, 0.1) is 18.3 Å². The summed E-state index contributed by atoms with van der Waals surface area (Å²) in [5, 5.41) is 20.8. The number of rotatable bonds is 4. The summed E-state index contributed by atoms with van der Waals surface area (Å²) in [6, 6.07) is 15.4. The third-order valence-corrected chi connectivity index (χ3v) is 4.08. The zero-order valence-corrected chi connectivity index (χ0v) is 14.4. The zero-order chi connectivity index (χ0) is 19.4. The van der Waals surface area contributed by atoms with Gasteiger partial charge in [-0.2, -0.15) is 5.26 Å². The SMILES string of the molecule is Cc1ccccc1-c1cncc(C(=O)Nc2ccc(C#N)cc2C(=O)O)c1. The standard InChI is InChI=1S/C21H15N3O3/c1-13-4-2-3-5-17(13)15-9-16(12-23-11-15)20(25)24-19-7-6-14(10-22)8-18(19)21(26)27/h2-9,11-12H,1H3,(H,24,25)(H,26,27). The van der Waals surface area contributed by atoms with Crippen LogP contribution in [0.5, 0.6) is 0 Å². The Morgan fingerprint density at radius 2 is 1.89 bits per heavy atom. The number of carboxylic acids is 1. The highest BCUT2D eigenvalue weighted by molar-refractivity contribution is 6.08. The van der Waals surface area contributed by atoms with Gasteiger partial charge in [-0.05, 0) is 42.3 Å². The third-order valence-electron chi connectivity index (χ3n) is 4.08. The van der Waals surface area contributed by atoms with Crippen LogP contribution in [0.2, 0.25) is 0 Å². The summed E-state index contributed by atoms with van der Waals surface area (Å²) in [5.41, 5.74) is 3.28. The number of benzene rings is 2. The van der Waals surface area contributed by atoms with Crippen molar-refractivity contribution in [3.8, 4) is 17.2 Å². The first-order valence-electron chi connectivity index (χ1n) is 8.09. The number of pyridine rings is 1. The van der Waals surface area contributed by atoms with Gasteiger partial charge in [0, 0.05) is 18.0 Å². The predicted molar refractivity (Wildman–Crippen MR) is 100 cm³/mol. The first kappa shape index (κ1) is 17.8. The van der Waals surface area contributed by atoms with E-state index in [9.17, 15) is 14.7 Å². The molecule has 0 bridgehead atoms. The minimum atomic E-state index is -1.23. The fraction of sp³-hybridized carbons (Fsp3) is 0.0476. The molecule has 0 unspecified atom stereocenters. The monoisotopic (exact) mass is 357 g/mol. The first-order chi connectivity index (χ1) is 13.0. The van der Waals surface area contributed by atoms with Crippen LogP contribution in [0.15, 0.2) is 60.9 Å². The van der Waals surface area contributed by atoms with Gasteiger partial charge in [0.15, 0.2) is 0 Å². The summed E-state index contributed by atoms with van der Waals surface area (Å²) in [6.45, 7) is 1.97. The fourth-order valence-electron chi connectivity index (χ4n) is 2.70. The van der Waals surface area contributed by atoms with Crippen LogP contribution in [-0.2, 0) is 0 Å². The van der Waals surface area contributed by atoms with Crippen molar-refractivity contribution in [1.82, 2.24) is 4.98 Å². The van der Waals surface area contributed by atoms with E-state index >= 15 is 0 Å². The van der Waals surface area contributed by atoms with Crippen LogP contribution in [-0.4, -0.2) is 22.0 Å². The Kier molecular flexibility index (Phi) is 4.95. The summed E-state index contributed by atoms with van der Waals surface area (Å²) < 4.78 is 0. The first-order valence-corrected chi connectivity index (χ1v) is 8.09. The number of nitrogens with one attached hydrogen (secondary N) is 1. The van der Waals surface area contributed by atoms with Gasteiger partial charge in [-0.25, -0.2) is 4.79 Å². The number of hydrogen-bond donors (Lipinski definition) is 2. The Morgan fingerprint density at radius 1 is 1.11 bits per heavy atom. The smallest absolute Gasteiger partial charge is 0.337 e. The van der Waals surface area contributed by atoms with Gasteiger partial charge < -0.3 is 10.4 Å². The van der Waals surface area contributed by atoms with E-state index in [-0.39, 0.29) is 16.8 Å². The molecule has 0 spiro atoms. The van der Waals surface area contributed by atoms with Gasteiger partial charge in [-0.1, -0.05) is 24.3 Å². The van der Waals surface area contributed by atoms with Gasteiger partial charge >= 0.3 is 5.97 Å². The van der Waals surface area contributed by atoms with E-state index in [0.717, 1.165) is 16.7 Å². The maximum Gasteiger partial charge on any atom is 0.337 e. The molecular weight excluding hydrogens is 342 g/mol. The minimum absolute atomic E-state index is 0.118. The lowest BCUT2D eigenvalue weighted by Crippen LogP contribution is -2.15. The molecule has 0 atom stereocenters. The van der Waals surface area contributed by atoms with Crippen molar-refractivity contribution >= 4 is 17.6 Å². The van der Waals surface area contributed by atoms with Gasteiger partial charge in [-0.15, -0.1) is 0 Å². The number of aromatic nitrogens is 1. The van der Waals surface area contributed by atoms with Crippen molar-refractivity contribution in [2.24, 2.45) is 0 Å². The van der Waals surface area contributed by atoms with E-state index in [4.69, 9.17) is 5.26 Å². The number of anilines is 1. The molecule has 1 heterocycles. The molecule has 0 saturated heterocycles. The van der Waals surface area contributed by atoms with Crippen LogP contribution >= 0.6 is 0 Å². The van der Waals surface area contributed by atoms with E-state index in [1.165, 1.54) is 24.4 Å². The molecular formula is C21H15N3O3. The lowest BCUT2D eigenvalue weighted by Gasteiger charge is -2.10. The number of aryl methyl sites for hydroxylation is 1. The Hall–Kier alpha value is -3.98. The van der Waals surface area contributed by atoms with Gasteiger partial charge in [0.05, 0.1) is 28.4 Å². The Balaban J connectivity index is 1.92. The molecule has 6 heteroatoms. The Labute approximate surface area is 155 Å². The molecule has 27 heavy (non-hydrogen) atoms. The van der Waals surface area contributed by atoms with Crippen molar-refractivity contribution in [2.45, 2.75) is 6.92 Å².